The molecule has 1 heterocycles. The lowest BCUT2D eigenvalue weighted by molar-refractivity contribution is 0.108. The molecule has 4 unspecified atom stereocenters. The maximum atomic E-state index is 6.53. The van der Waals surface area contributed by atoms with Crippen molar-refractivity contribution in [3.8, 4) is 0 Å². The van der Waals surface area contributed by atoms with Crippen LogP contribution in [0.25, 0.3) is 0 Å². The minimum Gasteiger partial charge on any atom is -0.327 e. The molecule has 112 valence electrons. The zero-order valence-electron chi connectivity index (χ0n) is 13.5. The molecule has 1 saturated carbocycles. The van der Waals surface area contributed by atoms with Gasteiger partial charge in [-0.2, -0.15) is 0 Å². The van der Waals surface area contributed by atoms with Crippen molar-refractivity contribution in [1.82, 2.24) is 9.80 Å². The summed E-state index contributed by atoms with van der Waals surface area (Å²) in [7, 11) is 4.42. The van der Waals surface area contributed by atoms with Crippen LogP contribution in [0.4, 0.5) is 0 Å². The van der Waals surface area contributed by atoms with Crippen LogP contribution in [0.1, 0.15) is 40.0 Å². The van der Waals surface area contributed by atoms with Crippen LogP contribution in [0.5, 0.6) is 0 Å². The van der Waals surface area contributed by atoms with E-state index in [-0.39, 0.29) is 0 Å². The number of nitrogens with zero attached hydrogens (tertiary/aromatic N) is 2. The quantitative estimate of drug-likeness (QED) is 0.849. The molecule has 0 aromatic carbocycles. The van der Waals surface area contributed by atoms with Gasteiger partial charge in [0.15, 0.2) is 0 Å². The van der Waals surface area contributed by atoms with Gasteiger partial charge in [0.25, 0.3) is 0 Å². The van der Waals surface area contributed by atoms with Gasteiger partial charge < -0.3 is 15.5 Å². The van der Waals surface area contributed by atoms with Crippen LogP contribution < -0.4 is 5.73 Å². The molecule has 19 heavy (non-hydrogen) atoms. The van der Waals surface area contributed by atoms with Crippen molar-refractivity contribution in [2.75, 3.05) is 33.7 Å². The van der Waals surface area contributed by atoms with Gasteiger partial charge in [-0.05, 0) is 44.2 Å². The highest BCUT2D eigenvalue weighted by molar-refractivity contribution is 4.94. The molecule has 0 amide bonds. The minimum absolute atomic E-state index is 0.329. The maximum Gasteiger partial charge on any atom is 0.0254 e. The number of likely N-dealkylation sites (tertiary alicyclic amines) is 1. The Morgan fingerprint density at radius 2 is 1.95 bits per heavy atom. The van der Waals surface area contributed by atoms with Gasteiger partial charge in [0.05, 0.1) is 0 Å². The minimum atomic E-state index is 0.329. The third-order valence-corrected chi connectivity index (χ3v) is 5.61. The third kappa shape index (κ3) is 3.32. The molecular formula is C16H33N3. The highest BCUT2D eigenvalue weighted by atomic mass is 15.2. The van der Waals surface area contributed by atoms with E-state index in [2.05, 4.69) is 44.7 Å². The number of nitrogens with two attached hydrogens (primary N) is 1. The first-order chi connectivity index (χ1) is 8.81. The van der Waals surface area contributed by atoms with Gasteiger partial charge >= 0.3 is 0 Å². The second kappa shape index (κ2) is 5.71. The van der Waals surface area contributed by atoms with Crippen LogP contribution in [0.3, 0.4) is 0 Å². The summed E-state index contributed by atoms with van der Waals surface area (Å²) in [6, 6.07) is 1.09. The average Bonchev–Trinajstić information content (AvgIpc) is 2.66. The van der Waals surface area contributed by atoms with Gasteiger partial charge in [-0.1, -0.05) is 27.2 Å². The summed E-state index contributed by atoms with van der Waals surface area (Å²) in [5.41, 5.74) is 6.86. The van der Waals surface area contributed by atoms with Crippen molar-refractivity contribution in [2.45, 2.75) is 52.1 Å². The maximum absolute atomic E-state index is 6.53. The average molecular weight is 267 g/mol. The normalized spacial score (nSPS) is 39.9. The Morgan fingerprint density at radius 1 is 1.26 bits per heavy atom. The Hall–Kier alpha value is -0.120. The standard InChI is InChI=1S/C16H33N3/c1-12-9-19(11-14(12)18(4)5)10-13-7-6-8-16(2,3)15(13)17/h12-15H,6-11,17H2,1-5H3. The zero-order chi connectivity index (χ0) is 14.2. The van der Waals surface area contributed by atoms with Crippen LogP contribution in [0.15, 0.2) is 0 Å². The molecule has 0 aromatic rings. The molecule has 3 heteroatoms. The monoisotopic (exact) mass is 267 g/mol. The van der Waals surface area contributed by atoms with E-state index in [4.69, 9.17) is 5.73 Å². The number of likely N-dealkylation sites (N-methyl/N-ethyl adjacent to an activating group) is 1. The molecule has 0 radical (unpaired) electrons. The summed E-state index contributed by atoms with van der Waals surface area (Å²) in [5.74, 6) is 1.47. The van der Waals surface area contributed by atoms with Gasteiger partial charge in [-0.15, -0.1) is 0 Å². The molecule has 3 nitrogen and oxygen atoms in total. The Kier molecular flexibility index (Phi) is 4.59. The molecule has 0 bridgehead atoms. The van der Waals surface area contributed by atoms with E-state index in [0.717, 1.165) is 5.92 Å². The van der Waals surface area contributed by atoms with E-state index in [1.165, 1.54) is 38.9 Å². The number of hydrogen-bond donors (Lipinski definition) is 1. The van der Waals surface area contributed by atoms with Crippen molar-refractivity contribution in [3.63, 3.8) is 0 Å². The fourth-order valence-corrected chi connectivity index (χ4v) is 4.21. The van der Waals surface area contributed by atoms with Gasteiger partial charge in [0.2, 0.25) is 0 Å². The van der Waals surface area contributed by atoms with E-state index >= 15 is 0 Å². The largest absolute Gasteiger partial charge is 0.327 e. The molecule has 2 aliphatic rings. The fourth-order valence-electron chi connectivity index (χ4n) is 4.21. The second-order valence-corrected chi connectivity index (χ2v) is 7.89. The molecule has 4 atom stereocenters. The van der Waals surface area contributed by atoms with Crippen LogP contribution in [0.2, 0.25) is 0 Å². The van der Waals surface area contributed by atoms with E-state index in [1.807, 2.05) is 0 Å². The van der Waals surface area contributed by atoms with Gasteiger partial charge in [-0.25, -0.2) is 0 Å². The van der Waals surface area contributed by atoms with E-state index in [0.29, 0.717) is 23.4 Å². The molecule has 2 N–H and O–H groups in total. The Labute approximate surface area is 119 Å². The topological polar surface area (TPSA) is 32.5 Å². The van der Waals surface area contributed by atoms with Crippen molar-refractivity contribution in [2.24, 2.45) is 23.0 Å². The predicted molar refractivity (Wildman–Crippen MR) is 82.2 cm³/mol. The van der Waals surface area contributed by atoms with Crippen LogP contribution >= 0.6 is 0 Å². The van der Waals surface area contributed by atoms with E-state index in [1.54, 1.807) is 0 Å². The van der Waals surface area contributed by atoms with Gasteiger partial charge in [0.1, 0.15) is 0 Å². The number of hydrogen-bond acceptors (Lipinski definition) is 3. The van der Waals surface area contributed by atoms with E-state index in [9.17, 15) is 0 Å². The Balaban J connectivity index is 1.92. The summed E-state index contributed by atoms with van der Waals surface area (Å²) < 4.78 is 0. The van der Waals surface area contributed by atoms with E-state index < -0.39 is 0 Å². The van der Waals surface area contributed by atoms with Crippen LogP contribution in [-0.4, -0.2) is 55.6 Å². The van der Waals surface area contributed by atoms with Crippen LogP contribution in [-0.2, 0) is 0 Å². The van der Waals surface area contributed by atoms with Crippen LogP contribution in [0, 0.1) is 17.3 Å². The molecule has 1 saturated heterocycles. The van der Waals surface area contributed by atoms with Crippen molar-refractivity contribution in [3.05, 3.63) is 0 Å². The molecule has 1 aliphatic carbocycles. The molecule has 2 rings (SSSR count). The second-order valence-electron chi connectivity index (χ2n) is 7.89. The summed E-state index contributed by atoms with van der Waals surface area (Å²) in [4.78, 5) is 5.04. The molecule has 0 aromatic heterocycles. The van der Waals surface area contributed by atoms with Gasteiger partial charge in [0, 0.05) is 31.7 Å². The fraction of sp³-hybridized carbons (Fsp3) is 1.00. The van der Waals surface area contributed by atoms with Crippen molar-refractivity contribution < 1.29 is 0 Å². The highest BCUT2D eigenvalue weighted by Gasteiger charge is 2.39. The molecule has 2 fully saturated rings. The first-order valence-corrected chi connectivity index (χ1v) is 7.95. The summed E-state index contributed by atoms with van der Waals surface area (Å²) >= 11 is 0. The van der Waals surface area contributed by atoms with Crippen molar-refractivity contribution >= 4 is 0 Å². The first-order valence-electron chi connectivity index (χ1n) is 7.95. The third-order valence-electron chi connectivity index (χ3n) is 5.61. The Bertz CT molecular complexity index is 300. The molecular weight excluding hydrogens is 234 g/mol. The lowest BCUT2D eigenvalue weighted by Crippen LogP contribution is -2.50. The predicted octanol–water partition coefficient (Wildman–Crippen LogP) is 2.02. The summed E-state index contributed by atoms with van der Waals surface area (Å²) in [6.45, 7) is 10.7. The van der Waals surface area contributed by atoms with Crippen molar-refractivity contribution in [1.29, 1.82) is 0 Å². The first kappa shape index (κ1) is 15.3. The summed E-state index contributed by atoms with van der Waals surface area (Å²) in [5, 5.41) is 0. The smallest absolute Gasteiger partial charge is 0.0254 e. The SMILES string of the molecule is CC1CN(CC2CCCC(C)(C)C2N)CC1N(C)C. The Morgan fingerprint density at radius 3 is 2.53 bits per heavy atom. The highest BCUT2D eigenvalue weighted by Crippen LogP contribution is 2.38. The summed E-state index contributed by atoms with van der Waals surface area (Å²) in [6.07, 6.45) is 3.97. The molecule has 0 spiro atoms. The molecule has 1 aliphatic heterocycles. The lowest BCUT2D eigenvalue weighted by atomic mass is 9.68. The van der Waals surface area contributed by atoms with Gasteiger partial charge in [-0.3, -0.25) is 0 Å². The lowest BCUT2D eigenvalue weighted by Gasteiger charge is -2.43. The zero-order valence-corrected chi connectivity index (χ0v) is 13.5. The number of rotatable bonds is 3.